The number of hydrogen-bond acceptors (Lipinski definition) is 6. The second-order valence-electron chi connectivity index (χ2n) is 6.64. The topological polar surface area (TPSA) is 55.1 Å². The van der Waals surface area contributed by atoms with Gasteiger partial charge in [-0.25, -0.2) is 4.98 Å². The molecule has 0 atom stereocenters. The van der Waals surface area contributed by atoms with Gasteiger partial charge >= 0.3 is 0 Å². The zero-order valence-electron chi connectivity index (χ0n) is 15.6. The number of carbonyl (C=O) groups excluding carboxylic acids is 1. The van der Waals surface area contributed by atoms with Crippen molar-refractivity contribution < 1.29 is 9.21 Å². The van der Waals surface area contributed by atoms with E-state index >= 15 is 0 Å². The molecule has 0 bridgehead atoms. The van der Waals surface area contributed by atoms with E-state index < -0.39 is 0 Å². The van der Waals surface area contributed by atoms with Crippen molar-refractivity contribution in [1.29, 1.82) is 0 Å². The highest BCUT2D eigenvalue weighted by Gasteiger charge is 2.21. The average Bonchev–Trinajstić information content (AvgIpc) is 3.43. The van der Waals surface area contributed by atoms with Crippen molar-refractivity contribution in [1.82, 2.24) is 10.3 Å². The SMILES string of the molecule is CC(C)c1nc(CNC(=O)c2oc3ccccc3c2CSc2cccs2)cs1. The molecule has 3 aromatic heterocycles. The van der Waals surface area contributed by atoms with Crippen LogP contribution in [0.1, 0.15) is 46.6 Å². The van der Waals surface area contributed by atoms with E-state index in [1.165, 1.54) is 4.21 Å². The first kappa shape index (κ1) is 19.2. The van der Waals surface area contributed by atoms with Crippen LogP contribution >= 0.6 is 34.4 Å². The fourth-order valence-corrected chi connectivity index (χ4v) is 5.48. The first-order valence-electron chi connectivity index (χ1n) is 9.01. The molecule has 1 amide bonds. The molecule has 1 aromatic carbocycles. The number of aromatic nitrogens is 1. The minimum atomic E-state index is -0.197. The maximum atomic E-state index is 12.9. The van der Waals surface area contributed by atoms with Crippen molar-refractivity contribution in [3.05, 3.63) is 69.2 Å². The van der Waals surface area contributed by atoms with Gasteiger partial charge in [0.1, 0.15) is 5.58 Å². The summed E-state index contributed by atoms with van der Waals surface area (Å²) in [4.78, 5) is 17.5. The zero-order valence-corrected chi connectivity index (χ0v) is 18.0. The summed E-state index contributed by atoms with van der Waals surface area (Å²) in [7, 11) is 0. The molecule has 28 heavy (non-hydrogen) atoms. The monoisotopic (exact) mass is 428 g/mol. The Kier molecular flexibility index (Phi) is 5.85. The van der Waals surface area contributed by atoms with Crippen LogP contribution in [0.3, 0.4) is 0 Å². The van der Waals surface area contributed by atoms with Crippen molar-refractivity contribution in [3.63, 3.8) is 0 Å². The van der Waals surface area contributed by atoms with Crippen LogP contribution in [0, 0.1) is 0 Å². The highest BCUT2D eigenvalue weighted by Crippen LogP contribution is 2.33. The third-order valence-electron chi connectivity index (χ3n) is 4.25. The van der Waals surface area contributed by atoms with E-state index in [1.54, 1.807) is 34.4 Å². The predicted molar refractivity (Wildman–Crippen MR) is 117 cm³/mol. The Balaban J connectivity index is 1.54. The number of nitrogens with zero attached hydrogens (tertiary/aromatic N) is 1. The van der Waals surface area contributed by atoms with Crippen LogP contribution in [0.25, 0.3) is 11.0 Å². The number of para-hydroxylation sites is 1. The van der Waals surface area contributed by atoms with Crippen molar-refractivity contribution in [2.75, 3.05) is 0 Å². The van der Waals surface area contributed by atoms with E-state index in [9.17, 15) is 4.79 Å². The number of thiophene rings is 1. The number of rotatable bonds is 7. The minimum Gasteiger partial charge on any atom is -0.451 e. The molecule has 0 unspecified atom stereocenters. The number of nitrogens with one attached hydrogen (secondary N) is 1. The Morgan fingerprint density at radius 2 is 2.07 bits per heavy atom. The molecule has 0 aliphatic carbocycles. The summed E-state index contributed by atoms with van der Waals surface area (Å²) in [6.07, 6.45) is 0. The van der Waals surface area contributed by atoms with Gasteiger partial charge in [-0.1, -0.05) is 38.1 Å². The molecular weight excluding hydrogens is 408 g/mol. The van der Waals surface area contributed by atoms with Gasteiger partial charge in [-0.05, 0) is 17.5 Å². The van der Waals surface area contributed by atoms with Gasteiger partial charge in [0.2, 0.25) is 0 Å². The van der Waals surface area contributed by atoms with Gasteiger partial charge in [0.25, 0.3) is 5.91 Å². The molecule has 0 saturated heterocycles. The quantitative estimate of drug-likeness (QED) is 0.351. The lowest BCUT2D eigenvalue weighted by Gasteiger charge is -2.04. The summed E-state index contributed by atoms with van der Waals surface area (Å²) >= 11 is 5.05. The molecule has 3 heterocycles. The molecule has 4 aromatic rings. The standard InChI is InChI=1S/C21H20N2O2S3/c1-13(2)21-23-14(11-28-21)10-22-20(24)19-16(12-27-18-8-5-9-26-18)15-6-3-4-7-17(15)25-19/h3-9,11,13H,10,12H2,1-2H3,(H,22,24). The summed E-state index contributed by atoms with van der Waals surface area (Å²) < 4.78 is 7.15. The fraction of sp³-hybridized carbons (Fsp3) is 0.238. The van der Waals surface area contributed by atoms with Crippen LogP contribution in [0.15, 0.2) is 55.8 Å². The number of amides is 1. The predicted octanol–water partition coefficient (Wildman–Crippen LogP) is 6.30. The molecule has 1 N–H and O–H groups in total. The van der Waals surface area contributed by atoms with Gasteiger partial charge in [0.15, 0.2) is 5.76 Å². The number of thioether (sulfide) groups is 1. The van der Waals surface area contributed by atoms with Gasteiger partial charge in [0.05, 0.1) is 21.5 Å². The summed E-state index contributed by atoms with van der Waals surface area (Å²) in [6.45, 7) is 4.64. The first-order valence-corrected chi connectivity index (χ1v) is 11.8. The lowest BCUT2D eigenvalue weighted by atomic mass is 10.1. The van der Waals surface area contributed by atoms with Crippen molar-refractivity contribution in [2.45, 2.75) is 36.3 Å². The van der Waals surface area contributed by atoms with Crippen LogP contribution < -0.4 is 5.32 Å². The maximum absolute atomic E-state index is 12.9. The molecule has 0 spiro atoms. The van der Waals surface area contributed by atoms with E-state index in [4.69, 9.17) is 4.42 Å². The van der Waals surface area contributed by atoms with E-state index in [-0.39, 0.29) is 5.91 Å². The third-order valence-corrected chi connectivity index (χ3v) is 7.60. The molecular formula is C21H20N2O2S3. The van der Waals surface area contributed by atoms with Crippen molar-refractivity contribution in [3.8, 4) is 0 Å². The van der Waals surface area contributed by atoms with Crippen LogP contribution in [-0.2, 0) is 12.3 Å². The number of hydrogen-bond donors (Lipinski definition) is 1. The number of furan rings is 1. The molecule has 0 saturated carbocycles. The summed E-state index contributed by atoms with van der Waals surface area (Å²) in [5.41, 5.74) is 2.56. The Hall–Kier alpha value is -2.09. The lowest BCUT2D eigenvalue weighted by molar-refractivity contribution is 0.0924. The second-order valence-corrected chi connectivity index (χ2v) is 9.75. The summed E-state index contributed by atoms with van der Waals surface area (Å²) in [6, 6.07) is 11.9. The van der Waals surface area contributed by atoms with Gasteiger partial charge < -0.3 is 9.73 Å². The maximum Gasteiger partial charge on any atom is 0.287 e. The molecule has 144 valence electrons. The number of carbonyl (C=O) groups is 1. The van der Waals surface area contributed by atoms with E-state index in [0.29, 0.717) is 24.0 Å². The van der Waals surface area contributed by atoms with Crippen LogP contribution in [0.5, 0.6) is 0 Å². The molecule has 0 aliphatic rings. The molecule has 7 heteroatoms. The molecule has 0 aliphatic heterocycles. The van der Waals surface area contributed by atoms with Crippen molar-refractivity contribution >= 4 is 51.3 Å². The largest absolute Gasteiger partial charge is 0.451 e. The smallest absolute Gasteiger partial charge is 0.287 e. The number of benzene rings is 1. The van der Waals surface area contributed by atoms with Gasteiger partial charge in [0, 0.05) is 28.0 Å². The van der Waals surface area contributed by atoms with E-state index in [0.717, 1.165) is 27.2 Å². The minimum absolute atomic E-state index is 0.197. The fourth-order valence-electron chi connectivity index (χ4n) is 2.83. The Bertz CT molecular complexity index is 1080. The van der Waals surface area contributed by atoms with E-state index in [1.807, 2.05) is 35.7 Å². The van der Waals surface area contributed by atoms with Crippen LogP contribution in [0.4, 0.5) is 0 Å². The summed E-state index contributed by atoms with van der Waals surface area (Å²) in [5, 5.41) is 9.10. The van der Waals surface area contributed by atoms with Gasteiger partial charge in [-0.3, -0.25) is 4.79 Å². The zero-order chi connectivity index (χ0) is 19.5. The lowest BCUT2D eigenvalue weighted by Crippen LogP contribution is -2.23. The van der Waals surface area contributed by atoms with Gasteiger partial charge in [-0.15, -0.1) is 34.4 Å². The summed E-state index contributed by atoms with van der Waals surface area (Å²) in [5.74, 6) is 1.28. The Morgan fingerprint density at radius 1 is 1.21 bits per heavy atom. The highest BCUT2D eigenvalue weighted by atomic mass is 32.2. The molecule has 0 fully saturated rings. The average molecular weight is 429 g/mol. The first-order chi connectivity index (χ1) is 13.6. The van der Waals surface area contributed by atoms with Crippen LogP contribution in [-0.4, -0.2) is 10.9 Å². The number of fused-ring (bicyclic) bond motifs is 1. The third kappa shape index (κ3) is 4.16. The van der Waals surface area contributed by atoms with Crippen LogP contribution in [0.2, 0.25) is 0 Å². The molecule has 4 nitrogen and oxygen atoms in total. The Morgan fingerprint density at radius 3 is 2.82 bits per heavy atom. The Labute approximate surface area is 176 Å². The van der Waals surface area contributed by atoms with E-state index in [2.05, 4.69) is 35.6 Å². The molecule has 4 rings (SSSR count). The normalized spacial score (nSPS) is 11.4. The van der Waals surface area contributed by atoms with Crippen molar-refractivity contribution in [2.24, 2.45) is 0 Å². The number of thiazole rings is 1. The van der Waals surface area contributed by atoms with Gasteiger partial charge in [-0.2, -0.15) is 0 Å². The highest BCUT2D eigenvalue weighted by molar-refractivity contribution is 8.00. The molecule has 0 radical (unpaired) electrons. The second kappa shape index (κ2) is 8.51.